The molecule has 0 atom stereocenters. The Hall–Kier alpha value is -1.88. The Bertz CT molecular complexity index is 566. The van der Waals surface area contributed by atoms with Crippen molar-refractivity contribution in [3.63, 3.8) is 0 Å². The van der Waals surface area contributed by atoms with Gasteiger partial charge in [0.1, 0.15) is 0 Å². The lowest BCUT2D eigenvalue weighted by atomic mass is 10.0. The van der Waals surface area contributed by atoms with E-state index in [1.165, 1.54) is 6.20 Å². The van der Waals surface area contributed by atoms with Gasteiger partial charge >= 0.3 is 0 Å². The van der Waals surface area contributed by atoms with E-state index in [1.54, 1.807) is 6.07 Å². The Kier molecular flexibility index (Phi) is 3.10. The third-order valence-corrected chi connectivity index (χ3v) is 2.91. The zero-order chi connectivity index (χ0) is 12.4. The maximum Gasteiger partial charge on any atom is 0.269 e. The van der Waals surface area contributed by atoms with Gasteiger partial charge in [-0.25, -0.2) is 4.98 Å². The number of nitrogens with zero attached hydrogens (tertiary/aromatic N) is 1. The third kappa shape index (κ3) is 2.29. The summed E-state index contributed by atoms with van der Waals surface area (Å²) in [4.78, 5) is 15.0. The zero-order valence-electron chi connectivity index (χ0n) is 8.85. The number of aromatic nitrogens is 1. The van der Waals surface area contributed by atoms with Crippen LogP contribution in [0.1, 0.15) is 10.5 Å². The molecule has 0 unspecified atom stereocenters. The summed E-state index contributed by atoms with van der Waals surface area (Å²) in [5.74, 6) is -0.624. The zero-order valence-corrected chi connectivity index (χ0v) is 10.4. The van der Waals surface area contributed by atoms with Gasteiger partial charge in [0.2, 0.25) is 0 Å². The molecule has 4 nitrogen and oxygen atoms in total. The van der Waals surface area contributed by atoms with E-state index in [2.05, 4.69) is 20.9 Å². The lowest BCUT2D eigenvalue weighted by Crippen LogP contribution is -2.15. The Labute approximate surface area is 107 Å². The van der Waals surface area contributed by atoms with Crippen LogP contribution < -0.4 is 11.5 Å². The molecule has 0 saturated heterocycles. The van der Waals surface area contributed by atoms with Gasteiger partial charge in [-0.3, -0.25) is 4.79 Å². The highest BCUT2D eigenvalue weighted by molar-refractivity contribution is 9.10. The number of carbonyl (C=O) groups excluding carboxylic acids is 1. The molecule has 0 radical (unpaired) electrons. The highest BCUT2D eigenvalue weighted by Crippen LogP contribution is 2.28. The summed E-state index contributed by atoms with van der Waals surface area (Å²) < 4.78 is 0.976. The van der Waals surface area contributed by atoms with Crippen LogP contribution >= 0.6 is 15.9 Å². The maximum absolute atomic E-state index is 11.1. The van der Waals surface area contributed by atoms with E-state index in [0.29, 0.717) is 5.69 Å². The molecule has 0 aliphatic carbocycles. The first-order valence-electron chi connectivity index (χ1n) is 4.90. The van der Waals surface area contributed by atoms with Crippen molar-refractivity contribution in [1.82, 2.24) is 4.98 Å². The molecule has 1 aromatic carbocycles. The van der Waals surface area contributed by atoms with E-state index in [0.717, 1.165) is 15.6 Å². The number of benzene rings is 1. The predicted octanol–water partition coefficient (Wildman–Crippen LogP) is 2.19. The molecule has 1 amide bonds. The van der Waals surface area contributed by atoms with Gasteiger partial charge in [-0.2, -0.15) is 0 Å². The van der Waals surface area contributed by atoms with Gasteiger partial charge in [0.15, 0.2) is 5.69 Å². The molecule has 0 bridgehead atoms. The van der Waals surface area contributed by atoms with Crippen LogP contribution in [-0.2, 0) is 0 Å². The molecule has 0 saturated carbocycles. The number of pyridine rings is 1. The summed E-state index contributed by atoms with van der Waals surface area (Å²) >= 11 is 3.36. The second-order valence-electron chi connectivity index (χ2n) is 3.49. The summed E-state index contributed by atoms with van der Waals surface area (Å²) in [5, 5.41) is 0. The molecule has 1 aromatic heterocycles. The Morgan fingerprint density at radius 2 is 1.82 bits per heavy atom. The number of nitrogen functional groups attached to an aromatic ring is 1. The Balaban J connectivity index is 2.56. The van der Waals surface area contributed by atoms with Gasteiger partial charge in [-0.05, 0) is 23.8 Å². The minimum Gasteiger partial charge on any atom is -0.396 e. The molecule has 0 fully saturated rings. The fourth-order valence-corrected chi connectivity index (χ4v) is 1.82. The quantitative estimate of drug-likeness (QED) is 0.890. The predicted molar refractivity (Wildman–Crippen MR) is 70.3 cm³/mol. The van der Waals surface area contributed by atoms with Gasteiger partial charge < -0.3 is 11.5 Å². The molecule has 5 heteroatoms. The highest BCUT2D eigenvalue weighted by Gasteiger charge is 2.12. The fraction of sp³-hybridized carbons (Fsp3) is 0. The van der Waals surface area contributed by atoms with Gasteiger partial charge in [0.05, 0.1) is 5.69 Å². The van der Waals surface area contributed by atoms with Gasteiger partial charge in [0.25, 0.3) is 5.91 Å². The van der Waals surface area contributed by atoms with Crippen LogP contribution in [0.2, 0.25) is 0 Å². The summed E-state index contributed by atoms with van der Waals surface area (Å²) in [6.45, 7) is 0. The normalized spacial score (nSPS) is 10.2. The number of rotatable bonds is 2. The van der Waals surface area contributed by atoms with E-state index in [9.17, 15) is 4.79 Å². The van der Waals surface area contributed by atoms with Crippen LogP contribution in [-0.4, -0.2) is 10.9 Å². The molecule has 4 N–H and O–H groups in total. The number of amides is 1. The topological polar surface area (TPSA) is 82.0 Å². The van der Waals surface area contributed by atoms with Gasteiger partial charge in [-0.1, -0.05) is 28.1 Å². The number of anilines is 1. The van der Waals surface area contributed by atoms with Crippen molar-refractivity contribution >= 4 is 27.5 Å². The van der Waals surface area contributed by atoms with E-state index in [-0.39, 0.29) is 5.69 Å². The van der Waals surface area contributed by atoms with Crippen molar-refractivity contribution in [3.05, 3.63) is 46.7 Å². The maximum atomic E-state index is 11.1. The molecular formula is C12H10BrN3O. The summed E-state index contributed by atoms with van der Waals surface area (Å²) in [5.41, 5.74) is 13.1. The number of halogens is 1. The molecule has 17 heavy (non-hydrogen) atoms. The van der Waals surface area contributed by atoms with Gasteiger partial charge in [0, 0.05) is 16.2 Å². The number of hydrogen-bond donors (Lipinski definition) is 2. The molecule has 86 valence electrons. The first-order valence-corrected chi connectivity index (χ1v) is 5.69. The van der Waals surface area contributed by atoms with Crippen LogP contribution in [0.5, 0.6) is 0 Å². The van der Waals surface area contributed by atoms with E-state index < -0.39 is 5.91 Å². The smallest absolute Gasteiger partial charge is 0.269 e. The fourth-order valence-electron chi connectivity index (χ4n) is 1.55. The first-order chi connectivity index (χ1) is 8.09. The largest absolute Gasteiger partial charge is 0.396 e. The van der Waals surface area contributed by atoms with Crippen LogP contribution in [0.15, 0.2) is 41.0 Å². The molecule has 2 aromatic rings. The van der Waals surface area contributed by atoms with Crippen molar-refractivity contribution in [2.45, 2.75) is 0 Å². The van der Waals surface area contributed by atoms with E-state index >= 15 is 0 Å². The number of carbonyl (C=O) groups is 1. The average molecular weight is 292 g/mol. The second kappa shape index (κ2) is 4.55. The molecule has 0 aliphatic rings. The summed E-state index contributed by atoms with van der Waals surface area (Å²) in [7, 11) is 0. The minimum atomic E-state index is -0.624. The number of nitrogens with two attached hydrogens (primary N) is 2. The van der Waals surface area contributed by atoms with Crippen molar-refractivity contribution in [2.75, 3.05) is 5.73 Å². The lowest BCUT2D eigenvalue weighted by molar-refractivity contribution is 0.0996. The molecule has 0 aliphatic heterocycles. The SMILES string of the molecule is NC(=O)c1nccc(-c2ccc(Br)cc2)c1N. The Morgan fingerprint density at radius 1 is 1.18 bits per heavy atom. The molecular weight excluding hydrogens is 282 g/mol. The first kappa shape index (κ1) is 11.6. The highest BCUT2D eigenvalue weighted by atomic mass is 79.9. The van der Waals surface area contributed by atoms with Crippen molar-refractivity contribution in [3.8, 4) is 11.1 Å². The van der Waals surface area contributed by atoms with Crippen molar-refractivity contribution in [1.29, 1.82) is 0 Å². The lowest BCUT2D eigenvalue weighted by Gasteiger charge is -2.08. The average Bonchev–Trinajstić information content (AvgIpc) is 2.30. The third-order valence-electron chi connectivity index (χ3n) is 2.38. The van der Waals surface area contributed by atoms with Crippen LogP contribution in [0, 0.1) is 0 Å². The van der Waals surface area contributed by atoms with Crippen LogP contribution in [0.4, 0.5) is 5.69 Å². The molecule has 0 spiro atoms. The summed E-state index contributed by atoms with van der Waals surface area (Å²) in [6.07, 6.45) is 1.52. The standard InChI is InChI=1S/C12H10BrN3O/c13-8-3-1-7(2-4-8)9-5-6-16-11(10(9)14)12(15)17/h1-6H,14H2,(H2,15,17). The van der Waals surface area contributed by atoms with Crippen molar-refractivity contribution in [2.24, 2.45) is 5.73 Å². The van der Waals surface area contributed by atoms with E-state index in [4.69, 9.17) is 11.5 Å². The Morgan fingerprint density at radius 3 is 2.41 bits per heavy atom. The number of primary amides is 1. The summed E-state index contributed by atoms with van der Waals surface area (Å²) in [6, 6.07) is 9.37. The van der Waals surface area contributed by atoms with Crippen molar-refractivity contribution < 1.29 is 4.79 Å². The van der Waals surface area contributed by atoms with Crippen LogP contribution in [0.3, 0.4) is 0 Å². The monoisotopic (exact) mass is 291 g/mol. The number of hydrogen-bond acceptors (Lipinski definition) is 3. The minimum absolute atomic E-state index is 0.102. The molecule has 2 rings (SSSR count). The van der Waals surface area contributed by atoms with E-state index in [1.807, 2.05) is 24.3 Å². The van der Waals surface area contributed by atoms with Gasteiger partial charge in [-0.15, -0.1) is 0 Å². The second-order valence-corrected chi connectivity index (χ2v) is 4.41. The van der Waals surface area contributed by atoms with Crippen LogP contribution in [0.25, 0.3) is 11.1 Å². The molecule has 1 heterocycles.